The average molecular weight is 424 g/mol. The quantitative estimate of drug-likeness (QED) is 0.776. The summed E-state index contributed by atoms with van der Waals surface area (Å²) < 4.78 is 28.8. The molecule has 1 heterocycles. The molecule has 2 aromatic rings. The van der Waals surface area contributed by atoms with Crippen LogP contribution in [0.3, 0.4) is 0 Å². The SMILES string of the molecule is O=C(NCC(=O)N1CCN(c2cccc(Cl)c2)CC1)c1cccc(OC(F)F)c1. The lowest BCUT2D eigenvalue weighted by molar-refractivity contribution is -0.130. The second-order valence-electron chi connectivity index (χ2n) is 6.44. The molecule has 2 aromatic carbocycles. The number of ether oxygens (including phenoxy) is 1. The zero-order valence-corrected chi connectivity index (χ0v) is 16.2. The van der Waals surface area contributed by atoms with E-state index in [1.165, 1.54) is 24.3 Å². The first-order valence-electron chi connectivity index (χ1n) is 9.04. The Morgan fingerprint density at radius 2 is 1.79 bits per heavy atom. The van der Waals surface area contributed by atoms with Crippen molar-refractivity contribution in [3.63, 3.8) is 0 Å². The Labute approximate surface area is 172 Å². The van der Waals surface area contributed by atoms with E-state index < -0.39 is 12.5 Å². The van der Waals surface area contributed by atoms with E-state index >= 15 is 0 Å². The fourth-order valence-electron chi connectivity index (χ4n) is 3.07. The normalized spacial score (nSPS) is 14.1. The first-order valence-corrected chi connectivity index (χ1v) is 9.41. The Bertz CT molecular complexity index is 874. The lowest BCUT2D eigenvalue weighted by atomic mass is 10.2. The largest absolute Gasteiger partial charge is 0.435 e. The Morgan fingerprint density at radius 1 is 1.07 bits per heavy atom. The van der Waals surface area contributed by atoms with Crippen LogP contribution in [0, 0.1) is 0 Å². The Hall–Kier alpha value is -2.87. The highest BCUT2D eigenvalue weighted by Gasteiger charge is 2.22. The highest BCUT2D eigenvalue weighted by molar-refractivity contribution is 6.30. The monoisotopic (exact) mass is 423 g/mol. The molecule has 0 atom stereocenters. The number of amides is 2. The lowest BCUT2D eigenvalue weighted by Crippen LogP contribution is -2.51. The third kappa shape index (κ3) is 5.80. The molecule has 0 unspecified atom stereocenters. The predicted molar refractivity (Wildman–Crippen MR) is 106 cm³/mol. The number of rotatable bonds is 6. The smallest absolute Gasteiger partial charge is 0.387 e. The van der Waals surface area contributed by atoms with Crippen LogP contribution in [0.5, 0.6) is 5.75 Å². The highest BCUT2D eigenvalue weighted by atomic mass is 35.5. The van der Waals surface area contributed by atoms with Gasteiger partial charge in [-0.15, -0.1) is 0 Å². The van der Waals surface area contributed by atoms with E-state index in [2.05, 4.69) is 15.0 Å². The van der Waals surface area contributed by atoms with Crippen molar-refractivity contribution in [2.75, 3.05) is 37.6 Å². The molecule has 3 rings (SSSR count). The summed E-state index contributed by atoms with van der Waals surface area (Å²) in [7, 11) is 0. The zero-order valence-electron chi connectivity index (χ0n) is 15.5. The molecule has 1 aliphatic rings. The first-order chi connectivity index (χ1) is 13.9. The lowest BCUT2D eigenvalue weighted by Gasteiger charge is -2.36. The maximum atomic E-state index is 12.4. The predicted octanol–water partition coefficient (Wildman–Crippen LogP) is 3.02. The molecule has 9 heteroatoms. The van der Waals surface area contributed by atoms with Gasteiger partial charge in [-0.1, -0.05) is 23.7 Å². The van der Waals surface area contributed by atoms with Crippen molar-refractivity contribution < 1.29 is 23.1 Å². The number of nitrogens with one attached hydrogen (secondary N) is 1. The van der Waals surface area contributed by atoms with E-state index in [4.69, 9.17) is 11.6 Å². The number of hydrogen-bond donors (Lipinski definition) is 1. The van der Waals surface area contributed by atoms with Gasteiger partial charge < -0.3 is 19.9 Å². The second kappa shape index (κ2) is 9.56. The summed E-state index contributed by atoms with van der Waals surface area (Å²) in [4.78, 5) is 28.4. The molecule has 1 aliphatic heterocycles. The zero-order chi connectivity index (χ0) is 20.8. The number of benzene rings is 2. The minimum Gasteiger partial charge on any atom is -0.435 e. The van der Waals surface area contributed by atoms with Gasteiger partial charge in [0.1, 0.15) is 5.75 Å². The molecule has 0 saturated carbocycles. The van der Waals surface area contributed by atoms with E-state index in [1.54, 1.807) is 4.90 Å². The van der Waals surface area contributed by atoms with Gasteiger partial charge in [0, 0.05) is 42.5 Å². The number of piperazine rings is 1. The Balaban J connectivity index is 1.48. The molecule has 1 saturated heterocycles. The van der Waals surface area contributed by atoms with Gasteiger partial charge in [-0.3, -0.25) is 9.59 Å². The van der Waals surface area contributed by atoms with Crippen molar-refractivity contribution in [2.45, 2.75) is 6.61 Å². The van der Waals surface area contributed by atoms with Gasteiger partial charge in [-0.25, -0.2) is 0 Å². The summed E-state index contributed by atoms with van der Waals surface area (Å²) in [5.74, 6) is -0.851. The molecule has 0 spiro atoms. The molecule has 6 nitrogen and oxygen atoms in total. The summed E-state index contributed by atoms with van der Waals surface area (Å²) in [6.07, 6.45) is 0. The van der Waals surface area contributed by atoms with Gasteiger partial charge in [0.15, 0.2) is 0 Å². The van der Waals surface area contributed by atoms with Gasteiger partial charge in [-0.05, 0) is 36.4 Å². The fraction of sp³-hybridized carbons (Fsp3) is 0.300. The fourth-order valence-corrected chi connectivity index (χ4v) is 3.25. The van der Waals surface area contributed by atoms with Gasteiger partial charge in [-0.2, -0.15) is 8.78 Å². The van der Waals surface area contributed by atoms with Crippen LogP contribution in [0.4, 0.5) is 14.5 Å². The number of carbonyl (C=O) groups excluding carboxylic acids is 2. The first kappa shape index (κ1) is 20.9. The molecule has 1 fully saturated rings. The standard InChI is InChI=1S/C20H20ClF2N3O3/c21-15-4-2-5-16(12-15)25-7-9-26(10-8-25)18(27)13-24-19(28)14-3-1-6-17(11-14)29-20(22)23/h1-6,11-12,20H,7-10,13H2,(H,24,28). The van der Waals surface area contributed by atoms with Gasteiger partial charge in [0.2, 0.25) is 5.91 Å². The summed E-state index contributed by atoms with van der Waals surface area (Å²) in [6, 6.07) is 13.0. The summed E-state index contributed by atoms with van der Waals surface area (Å²) >= 11 is 6.02. The Morgan fingerprint density at radius 3 is 2.48 bits per heavy atom. The molecular formula is C20H20ClF2N3O3. The number of nitrogens with zero attached hydrogens (tertiary/aromatic N) is 2. The van der Waals surface area contributed by atoms with Crippen molar-refractivity contribution in [1.29, 1.82) is 0 Å². The van der Waals surface area contributed by atoms with E-state index in [-0.39, 0.29) is 23.8 Å². The third-order valence-corrected chi connectivity index (χ3v) is 4.76. The van der Waals surface area contributed by atoms with Crippen molar-refractivity contribution in [2.24, 2.45) is 0 Å². The molecular weight excluding hydrogens is 404 g/mol. The highest BCUT2D eigenvalue weighted by Crippen LogP contribution is 2.21. The van der Waals surface area contributed by atoms with Crippen LogP contribution in [0.25, 0.3) is 0 Å². The average Bonchev–Trinajstić information content (AvgIpc) is 2.71. The van der Waals surface area contributed by atoms with Crippen LogP contribution >= 0.6 is 11.6 Å². The van der Waals surface area contributed by atoms with Gasteiger partial charge in [0.25, 0.3) is 5.91 Å². The van der Waals surface area contributed by atoms with Crippen LogP contribution in [0.2, 0.25) is 5.02 Å². The molecule has 154 valence electrons. The van der Waals surface area contributed by atoms with Crippen LogP contribution in [-0.2, 0) is 4.79 Å². The molecule has 2 amide bonds. The van der Waals surface area contributed by atoms with E-state index in [0.29, 0.717) is 31.2 Å². The Kier molecular flexibility index (Phi) is 6.87. The van der Waals surface area contributed by atoms with Crippen LogP contribution in [-0.4, -0.2) is 56.0 Å². The molecule has 29 heavy (non-hydrogen) atoms. The number of carbonyl (C=O) groups is 2. The van der Waals surface area contributed by atoms with Crippen LogP contribution in [0.1, 0.15) is 10.4 Å². The van der Waals surface area contributed by atoms with E-state index in [1.807, 2.05) is 24.3 Å². The number of halogens is 3. The minimum atomic E-state index is -2.97. The van der Waals surface area contributed by atoms with Crippen molar-refractivity contribution in [1.82, 2.24) is 10.2 Å². The number of anilines is 1. The maximum absolute atomic E-state index is 12.4. The van der Waals surface area contributed by atoms with E-state index in [9.17, 15) is 18.4 Å². The number of hydrogen-bond acceptors (Lipinski definition) is 4. The third-order valence-electron chi connectivity index (χ3n) is 4.53. The molecule has 1 N–H and O–H groups in total. The summed E-state index contributed by atoms with van der Waals surface area (Å²) in [5, 5.41) is 3.18. The van der Waals surface area contributed by atoms with Gasteiger partial charge in [0.05, 0.1) is 6.54 Å². The van der Waals surface area contributed by atoms with Crippen LogP contribution in [0.15, 0.2) is 48.5 Å². The summed E-state index contributed by atoms with van der Waals surface area (Å²) in [6.45, 7) is -0.770. The maximum Gasteiger partial charge on any atom is 0.387 e. The van der Waals surface area contributed by atoms with Crippen molar-refractivity contribution >= 4 is 29.1 Å². The minimum absolute atomic E-state index is 0.115. The van der Waals surface area contributed by atoms with Crippen LogP contribution < -0.4 is 15.0 Å². The molecule has 0 bridgehead atoms. The van der Waals surface area contributed by atoms with Crippen molar-refractivity contribution in [3.05, 3.63) is 59.1 Å². The number of alkyl halides is 2. The van der Waals surface area contributed by atoms with E-state index in [0.717, 1.165) is 5.69 Å². The second-order valence-corrected chi connectivity index (χ2v) is 6.87. The molecule has 0 aliphatic carbocycles. The van der Waals surface area contributed by atoms with Crippen molar-refractivity contribution in [3.8, 4) is 5.75 Å². The molecule has 0 radical (unpaired) electrons. The van der Waals surface area contributed by atoms with Gasteiger partial charge >= 0.3 is 6.61 Å². The summed E-state index contributed by atoms with van der Waals surface area (Å²) in [5.41, 5.74) is 1.14. The molecule has 0 aromatic heterocycles. The topological polar surface area (TPSA) is 61.9 Å².